The Labute approximate surface area is 167 Å². The van der Waals surface area contributed by atoms with Crippen LogP contribution in [-0.4, -0.2) is 62.0 Å². The molecule has 0 bridgehead atoms. The number of amides is 1. The van der Waals surface area contributed by atoms with E-state index in [-0.39, 0.29) is 10.9 Å². The fourth-order valence-corrected chi connectivity index (χ4v) is 5.11. The van der Waals surface area contributed by atoms with Crippen molar-refractivity contribution in [3.8, 4) is 0 Å². The number of hydrogen-bond acceptors (Lipinski definition) is 6. The molecule has 1 saturated heterocycles. The molecule has 10 heteroatoms. The average Bonchev–Trinajstić information content (AvgIpc) is 3.15. The summed E-state index contributed by atoms with van der Waals surface area (Å²) in [6.07, 6.45) is 0. The van der Waals surface area contributed by atoms with E-state index in [1.807, 2.05) is 24.3 Å². The van der Waals surface area contributed by atoms with Crippen molar-refractivity contribution in [3.05, 3.63) is 47.2 Å². The number of nitrogens with zero attached hydrogens (tertiary/aromatic N) is 2. The van der Waals surface area contributed by atoms with Gasteiger partial charge < -0.3 is 10.2 Å². The fraction of sp³-hybridized carbons (Fsp3) is 0.353. The highest BCUT2D eigenvalue weighted by molar-refractivity contribution is 7.99. The van der Waals surface area contributed by atoms with Gasteiger partial charge in [-0.15, -0.1) is 11.8 Å². The lowest BCUT2D eigenvalue weighted by Crippen LogP contribution is -2.49. The summed E-state index contributed by atoms with van der Waals surface area (Å²) in [7, 11) is -3.75. The van der Waals surface area contributed by atoms with E-state index in [1.54, 1.807) is 11.8 Å². The number of sulfonamides is 1. The van der Waals surface area contributed by atoms with Gasteiger partial charge in [-0.05, 0) is 36.4 Å². The fourth-order valence-electron chi connectivity index (χ4n) is 2.74. The van der Waals surface area contributed by atoms with Crippen molar-refractivity contribution in [3.63, 3.8) is 0 Å². The Hall–Kier alpha value is -1.52. The minimum absolute atomic E-state index is 0.161. The number of piperazine rings is 1. The van der Waals surface area contributed by atoms with Gasteiger partial charge in [0, 0.05) is 48.4 Å². The summed E-state index contributed by atoms with van der Waals surface area (Å²) in [5.41, 5.74) is 5.11. The van der Waals surface area contributed by atoms with Crippen LogP contribution in [-0.2, 0) is 10.0 Å². The molecule has 0 unspecified atom stereocenters. The van der Waals surface area contributed by atoms with Crippen molar-refractivity contribution < 1.29 is 17.6 Å². The number of rotatable bonds is 7. The highest BCUT2D eigenvalue weighted by atomic mass is 35.5. The van der Waals surface area contributed by atoms with Gasteiger partial charge in [-0.25, -0.2) is 8.42 Å². The Morgan fingerprint density at radius 2 is 1.78 bits per heavy atom. The minimum atomic E-state index is -3.75. The van der Waals surface area contributed by atoms with E-state index >= 15 is 0 Å². The van der Waals surface area contributed by atoms with Crippen molar-refractivity contribution in [1.82, 2.24) is 9.21 Å². The van der Waals surface area contributed by atoms with Crippen LogP contribution >= 0.6 is 23.4 Å². The Morgan fingerprint density at radius 3 is 2.37 bits per heavy atom. The van der Waals surface area contributed by atoms with Gasteiger partial charge in [-0.1, -0.05) is 11.6 Å². The van der Waals surface area contributed by atoms with Crippen LogP contribution in [0.4, 0.5) is 0 Å². The number of hydrogen-bond donors (Lipinski definition) is 1. The number of benzene rings is 1. The molecule has 0 radical (unpaired) electrons. The number of carbonyl (C=O) groups is 1. The highest BCUT2D eigenvalue weighted by Gasteiger charge is 2.31. The molecule has 1 aliphatic heterocycles. The second-order valence-electron chi connectivity index (χ2n) is 6.03. The third-order valence-electron chi connectivity index (χ3n) is 4.24. The third kappa shape index (κ3) is 5.05. The van der Waals surface area contributed by atoms with Crippen molar-refractivity contribution in [2.24, 2.45) is 5.73 Å². The van der Waals surface area contributed by atoms with E-state index in [0.717, 1.165) is 22.2 Å². The molecule has 1 fully saturated rings. The zero-order valence-corrected chi connectivity index (χ0v) is 16.9. The average molecular weight is 430 g/mol. The standard InChI is InChI=1S/C17H20ClN3O4S2/c18-13-1-3-14(4-2-13)26-12-11-20-7-9-21(10-8-20)27(23,24)16-6-5-15(25-16)17(19)22/h1-6H,7-12H2,(H2,19,22). The van der Waals surface area contributed by atoms with Crippen LogP contribution < -0.4 is 5.73 Å². The molecule has 27 heavy (non-hydrogen) atoms. The molecule has 2 N–H and O–H groups in total. The summed E-state index contributed by atoms with van der Waals surface area (Å²) in [6, 6.07) is 10.3. The monoisotopic (exact) mass is 429 g/mol. The van der Waals surface area contributed by atoms with Crippen molar-refractivity contribution in [2.75, 3.05) is 38.5 Å². The number of furan rings is 1. The molecular formula is C17H20ClN3O4S2. The van der Waals surface area contributed by atoms with Gasteiger partial charge in [0.05, 0.1) is 0 Å². The van der Waals surface area contributed by atoms with E-state index in [1.165, 1.54) is 16.4 Å². The highest BCUT2D eigenvalue weighted by Crippen LogP contribution is 2.22. The predicted molar refractivity (Wildman–Crippen MR) is 105 cm³/mol. The lowest BCUT2D eigenvalue weighted by molar-refractivity contribution is 0.0968. The van der Waals surface area contributed by atoms with Gasteiger partial charge >= 0.3 is 0 Å². The molecule has 1 aliphatic rings. The summed E-state index contributed by atoms with van der Waals surface area (Å²) >= 11 is 7.62. The van der Waals surface area contributed by atoms with Gasteiger partial charge in [-0.3, -0.25) is 9.69 Å². The maximum atomic E-state index is 12.6. The molecule has 1 aromatic carbocycles. The van der Waals surface area contributed by atoms with E-state index in [0.29, 0.717) is 26.2 Å². The van der Waals surface area contributed by atoms with Crippen LogP contribution in [0.25, 0.3) is 0 Å². The van der Waals surface area contributed by atoms with Crippen LogP contribution in [0.1, 0.15) is 10.6 Å². The first-order valence-corrected chi connectivity index (χ1v) is 11.2. The summed E-state index contributed by atoms with van der Waals surface area (Å²) in [5, 5.41) is 0.472. The van der Waals surface area contributed by atoms with Crippen LogP contribution in [0.3, 0.4) is 0 Å². The third-order valence-corrected chi connectivity index (χ3v) is 7.26. The quantitative estimate of drug-likeness (QED) is 0.677. The molecular weight excluding hydrogens is 410 g/mol. The van der Waals surface area contributed by atoms with Gasteiger partial charge in [-0.2, -0.15) is 4.31 Å². The Balaban J connectivity index is 1.49. The molecule has 0 atom stereocenters. The number of primary amides is 1. The predicted octanol–water partition coefficient (Wildman–Crippen LogP) is 2.13. The smallest absolute Gasteiger partial charge is 0.284 e. The zero-order valence-electron chi connectivity index (χ0n) is 14.5. The normalized spacial score (nSPS) is 16.5. The molecule has 146 valence electrons. The maximum absolute atomic E-state index is 12.6. The Bertz CT molecular complexity index is 891. The van der Waals surface area contributed by atoms with Crippen LogP contribution in [0.2, 0.25) is 5.02 Å². The van der Waals surface area contributed by atoms with Crippen LogP contribution in [0.15, 0.2) is 50.8 Å². The molecule has 3 rings (SSSR count). The topological polar surface area (TPSA) is 96.8 Å². The Kier molecular flexibility index (Phi) is 6.48. The number of carbonyl (C=O) groups excluding carboxylic acids is 1. The van der Waals surface area contributed by atoms with E-state index in [2.05, 4.69) is 4.90 Å². The van der Waals surface area contributed by atoms with E-state index in [9.17, 15) is 13.2 Å². The molecule has 0 spiro atoms. The molecule has 1 amide bonds. The second-order valence-corrected chi connectivity index (χ2v) is 9.50. The van der Waals surface area contributed by atoms with Gasteiger partial charge in [0.25, 0.3) is 15.9 Å². The van der Waals surface area contributed by atoms with Gasteiger partial charge in [0.1, 0.15) is 0 Å². The van der Waals surface area contributed by atoms with Crippen molar-refractivity contribution >= 4 is 39.3 Å². The SMILES string of the molecule is NC(=O)c1ccc(S(=O)(=O)N2CCN(CCSc3ccc(Cl)cc3)CC2)o1. The summed E-state index contributed by atoms with van der Waals surface area (Å²) in [5.74, 6) is -0.0416. The first-order chi connectivity index (χ1) is 12.9. The maximum Gasteiger partial charge on any atom is 0.284 e. The summed E-state index contributed by atoms with van der Waals surface area (Å²) < 4.78 is 31.7. The molecule has 1 aromatic heterocycles. The largest absolute Gasteiger partial charge is 0.438 e. The molecule has 0 aliphatic carbocycles. The molecule has 0 saturated carbocycles. The Morgan fingerprint density at radius 1 is 1.11 bits per heavy atom. The van der Waals surface area contributed by atoms with E-state index < -0.39 is 15.9 Å². The molecule has 2 aromatic rings. The minimum Gasteiger partial charge on any atom is -0.438 e. The van der Waals surface area contributed by atoms with Crippen LogP contribution in [0.5, 0.6) is 0 Å². The van der Waals surface area contributed by atoms with Gasteiger partial charge in [0.15, 0.2) is 5.76 Å². The number of thioether (sulfide) groups is 1. The zero-order chi connectivity index (χ0) is 19.4. The van der Waals surface area contributed by atoms with Crippen LogP contribution in [0, 0.1) is 0 Å². The number of halogens is 1. The molecule has 7 nitrogen and oxygen atoms in total. The van der Waals surface area contributed by atoms with Crippen molar-refractivity contribution in [2.45, 2.75) is 9.99 Å². The number of nitrogens with two attached hydrogens (primary N) is 1. The first kappa shape index (κ1) is 20.2. The first-order valence-electron chi connectivity index (χ1n) is 8.37. The molecule has 2 heterocycles. The lowest BCUT2D eigenvalue weighted by Gasteiger charge is -2.33. The summed E-state index contributed by atoms with van der Waals surface area (Å²) in [6.45, 7) is 2.91. The summed E-state index contributed by atoms with van der Waals surface area (Å²) in [4.78, 5) is 14.5. The second kappa shape index (κ2) is 8.66. The lowest BCUT2D eigenvalue weighted by atomic mass is 10.4. The van der Waals surface area contributed by atoms with Gasteiger partial charge in [0.2, 0.25) is 5.09 Å². The van der Waals surface area contributed by atoms with Crippen molar-refractivity contribution in [1.29, 1.82) is 0 Å². The van der Waals surface area contributed by atoms with E-state index in [4.69, 9.17) is 21.8 Å².